The molecule has 108 valence electrons. The van der Waals surface area contributed by atoms with Gasteiger partial charge in [-0.1, -0.05) is 12.2 Å². The van der Waals surface area contributed by atoms with Crippen LogP contribution < -0.4 is 5.32 Å². The third-order valence-electron chi connectivity index (χ3n) is 2.50. The third-order valence-corrected chi connectivity index (χ3v) is 2.50. The van der Waals surface area contributed by atoms with Crippen LogP contribution in [-0.4, -0.2) is 67.6 Å². The summed E-state index contributed by atoms with van der Waals surface area (Å²) in [6.45, 7) is 7.48. The van der Waals surface area contributed by atoms with E-state index in [0.717, 1.165) is 5.57 Å². The fourth-order valence-corrected chi connectivity index (χ4v) is 1.57. The predicted molar refractivity (Wildman–Crippen MR) is 68.0 cm³/mol. The Hall–Kier alpha value is -1.60. The van der Waals surface area contributed by atoms with Crippen LogP contribution in [0.3, 0.4) is 0 Å². The van der Waals surface area contributed by atoms with Gasteiger partial charge in [0.15, 0.2) is 6.10 Å². The number of nitrogens with zero attached hydrogens (tertiary/aromatic N) is 1. The van der Waals surface area contributed by atoms with Crippen molar-refractivity contribution in [3.05, 3.63) is 12.2 Å². The second kappa shape index (κ2) is 7.75. The van der Waals surface area contributed by atoms with Crippen LogP contribution >= 0.6 is 0 Å². The van der Waals surface area contributed by atoms with Crippen LogP contribution in [0.5, 0.6) is 0 Å². The van der Waals surface area contributed by atoms with Crippen molar-refractivity contribution in [1.82, 2.24) is 10.2 Å². The first-order valence-electron chi connectivity index (χ1n) is 6.10. The van der Waals surface area contributed by atoms with Crippen LogP contribution in [0.25, 0.3) is 0 Å². The van der Waals surface area contributed by atoms with Crippen molar-refractivity contribution in [3.63, 3.8) is 0 Å². The lowest BCUT2D eigenvalue weighted by Gasteiger charge is -2.30. The molecular formula is C12H20N2O5. The Morgan fingerprint density at radius 1 is 1.58 bits per heavy atom. The number of carboxylic acids is 1. The highest BCUT2D eigenvalue weighted by atomic mass is 16.5. The molecule has 1 atom stereocenters. The van der Waals surface area contributed by atoms with Crippen LogP contribution in [-0.2, 0) is 14.3 Å². The van der Waals surface area contributed by atoms with E-state index in [9.17, 15) is 9.59 Å². The fraction of sp³-hybridized carbons (Fsp3) is 0.667. The molecule has 0 saturated carbocycles. The molecule has 7 nitrogen and oxygen atoms in total. The maximum Gasteiger partial charge on any atom is 0.334 e. The normalized spacial score (nSPS) is 19.0. The molecule has 2 N–H and O–H groups in total. The van der Waals surface area contributed by atoms with E-state index in [1.807, 2.05) is 6.92 Å². The van der Waals surface area contributed by atoms with Crippen molar-refractivity contribution in [2.24, 2.45) is 0 Å². The van der Waals surface area contributed by atoms with Gasteiger partial charge in [0, 0.05) is 13.1 Å². The van der Waals surface area contributed by atoms with E-state index in [4.69, 9.17) is 14.6 Å². The van der Waals surface area contributed by atoms with Gasteiger partial charge in [0.05, 0.1) is 26.4 Å². The molecule has 0 aromatic heterocycles. The summed E-state index contributed by atoms with van der Waals surface area (Å²) in [6.07, 6.45) is -0.945. The van der Waals surface area contributed by atoms with E-state index in [1.54, 1.807) is 0 Å². The van der Waals surface area contributed by atoms with E-state index in [2.05, 4.69) is 11.9 Å². The van der Waals surface area contributed by atoms with Crippen molar-refractivity contribution in [2.45, 2.75) is 13.0 Å². The molecule has 1 aliphatic rings. The summed E-state index contributed by atoms with van der Waals surface area (Å²) in [4.78, 5) is 24.0. The fourth-order valence-electron chi connectivity index (χ4n) is 1.57. The van der Waals surface area contributed by atoms with Gasteiger partial charge >= 0.3 is 12.0 Å². The van der Waals surface area contributed by atoms with Gasteiger partial charge in [-0.15, -0.1) is 0 Å². The number of morpholine rings is 1. The molecule has 0 bridgehead atoms. The van der Waals surface area contributed by atoms with E-state index < -0.39 is 12.1 Å². The van der Waals surface area contributed by atoms with Gasteiger partial charge < -0.3 is 24.8 Å². The number of carbonyl (C=O) groups is 2. The lowest BCUT2D eigenvalue weighted by atomic mass is 10.3. The molecule has 1 unspecified atom stereocenters. The summed E-state index contributed by atoms with van der Waals surface area (Å²) >= 11 is 0. The summed E-state index contributed by atoms with van der Waals surface area (Å²) in [6, 6.07) is -0.298. The quantitative estimate of drug-likeness (QED) is 0.528. The summed E-state index contributed by atoms with van der Waals surface area (Å²) in [7, 11) is 0. The van der Waals surface area contributed by atoms with E-state index >= 15 is 0 Å². The Labute approximate surface area is 112 Å². The highest BCUT2D eigenvalue weighted by molar-refractivity contribution is 5.77. The van der Waals surface area contributed by atoms with Crippen molar-refractivity contribution in [3.8, 4) is 0 Å². The topological polar surface area (TPSA) is 88.1 Å². The molecule has 1 rings (SSSR count). The SMILES string of the molecule is C=C(C)COCCNC(=O)N1CCOC(C(=O)O)C1. The predicted octanol–water partition coefficient (Wildman–Crippen LogP) is 0.0741. The van der Waals surface area contributed by atoms with Gasteiger partial charge in [0.25, 0.3) is 0 Å². The minimum atomic E-state index is -1.05. The Bertz CT molecular complexity index is 345. The first kappa shape index (κ1) is 15.5. The van der Waals surface area contributed by atoms with Crippen LogP contribution in [0.1, 0.15) is 6.92 Å². The number of rotatable bonds is 6. The smallest absolute Gasteiger partial charge is 0.334 e. The van der Waals surface area contributed by atoms with Crippen LogP contribution in [0, 0.1) is 0 Å². The van der Waals surface area contributed by atoms with Crippen molar-refractivity contribution >= 4 is 12.0 Å². The minimum absolute atomic E-state index is 0.0633. The molecule has 0 aromatic carbocycles. The molecule has 7 heteroatoms. The number of hydrogen-bond donors (Lipinski definition) is 2. The number of carboxylic acid groups (broad SMARTS) is 1. The zero-order chi connectivity index (χ0) is 14.3. The lowest BCUT2D eigenvalue weighted by molar-refractivity contribution is -0.154. The maximum atomic E-state index is 11.8. The van der Waals surface area contributed by atoms with E-state index in [1.165, 1.54) is 4.90 Å². The number of amides is 2. The summed E-state index contributed by atoms with van der Waals surface area (Å²) in [5.41, 5.74) is 0.920. The molecular weight excluding hydrogens is 252 g/mol. The molecule has 19 heavy (non-hydrogen) atoms. The zero-order valence-electron chi connectivity index (χ0n) is 11.1. The zero-order valence-corrected chi connectivity index (χ0v) is 11.1. The average Bonchev–Trinajstić information content (AvgIpc) is 2.37. The number of carbonyl (C=O) groups excluding carboxylic acids is 1. The van der Waals surface area contributed by atoms with Gasteiger partial charge in [-0.25, -0.2) is 9.59 Å². The molecule has 1 saturated heterocycles. The molecule has 0 aromatic rings. The Balaban J connectivity index is 2.21. The van der Waals surface area contributed by atoms with Gasteiger partial charge in [0.2, 0.25) is 0 Å². The number of nitrogens with one attached hydrogen (secondary N) is 1. The monoisotopic (exact) mass is 272 g/mol. The number of urea groups is 1. The third kappa shape index (κ3) is 5.71. The van der Waals surface area contributed by atoms with Crippen LogP contribution in [0.15, 0.2) is 12.2 Å². The van der Waals surface area contributed by atoms with Gasteiger partial charge in [-0.05, 0) is 6.92 Å². The van der Waals surface area contributed by atoms with Gasteiger partial charge in [-0.2, -0.15) is 0 Å². The molecule has 1 aliphatic heterocycles. The Kier molecular flexibility index (Phi) is 6.31. The Morgan fingerprint density at radius 2 is 2.32 bits per heavy atom. The van der Waals surface area contributed by atoms with Crippen molar-refractivity contribution in [1.29, 1.82) is 0 Å². The van der Waals surface area contributed by atoms with E-state index in [0.29, 0.717) is 26.3 Å². The van der Waals surface area contributed by atoms with Crippen molar-refractivity contribution < 1.29 is 24.2 Å². The summed E-state index contributed by atoms with van der Waals surface area (Å²) in [5, 5.41) is 11.5. The van der Waals surface area contributed by atoms with Gasteiger partial charge in [0.1, 0.15) is 0 Å². The van der Waals surface area contributed by atoms with Crippen LogP contribution in [0.4, 0.5) is 4.79 Å². The molecule has 1 fully saturated rings. The molecule has 0 radical (unpaired) electrons. The second-order valence-corrected chi connectivity index (χ2v) is 4.39. The van der Waals surface area contributed by atoms with Crippen molar-refractivity contribution in [2.75, 3.05) is 39.5 Å². The van der Waals surface area contributed by atoms with Crippen LogP contribution in [0.2, 0.25) is 0 Å². The van der Waals surface area contributed by atoms with E-state index in [-0.39, 0.29) is 19.2 Å². The summed E-state index contributed by atoms with van der Waals surface area (Å²) in [5.74, 6) is -1.05. The average molecular weight is 272 g/mol. The second-order valence-electron chi connectivity index (χ2n) is 4.39. The first-order chi connectivity index (χ1) is 9.00. The lowest BCUT2D eigenvalue weighted by Crippen LogP contribution is -2.52. The molecule has 0 aliphatic carbocycles. The van der Waals surface area contributed by atoms with Gasteiger partial charge in [-0.3, -0.25) is 0 Å². The highest BCUT2D eigenvalue weighted by Gasteiger charge is 2.28. The number of hydrogen-bond acceptors (Lipinski definition) is 4. The minimum Gasteiger partial charge on any atom is -0.479 e. The maximum absolute atomic E-state index is 11.8. The highest BCUT2D eigenvalue weighted by Crippen LogP contribution is 2.05. The summed E-state index contributed by atoms with van der Waals surface area (Å²) < 4.78 is 10.3. The Morgan fingerprint density at radius 3 is 2.95 bits per heavy atom. The number of aliphatic carboxylic acids is 1. The number of ether oxygens (including phenoxy) is 2. The molecule has 1 heterocycles. The standard InChI is InChI=1S/C12H20N2O5/c1-9(2)8-18-5-3-13-12(17)14-4-6-19-10(7-14)11(15)16/h10H,1,3-8H2,2H3,(H,13,17)(H,15,16). The molecule has 0 spiro atoms. The first-order valence-corrected chi connectivity index (χ1v) is 6.10. The molecule has 2 amide bonds. The largest absolute Gasteiger partial charge is 0.479 e.